The lowest BCUT2D eigenvalue weighted by Gasteiger charge is -2.19. The molecule has 1 rings (SSSR count). The summed E-state index contributed by atoms with van der Waals surface area (Å²) in [4.78, 5) is 6.09. The summed E-state index contributed by atoms with van der Waals surface area (Å²) in [6, 6.07) is 4.10. The molecule has 0 fully saturated rings. The molecule has 0 amide bonds. The maximum atomic E-state index is 8.44. The van der Waals surface area contributed by atoms with Crippen LogP contribution in [0.1, 0.15) is 12.0 Å². The fraction of sp³-hybridized carbons (Fsp3) is 0.400. The Morgan fingerprint density at radius 3 is 3.00 bits per heavy atom. The zero-order valence-corrected chi connectivity index (χ0v) is 7.99. The Morgan fingerprint density at radius 1 is 1.62 bits per heavy atom. The number of nitriles is 1. The highest BCUT2D eigenvalue weighted by Gasteiger charge is 2.02. The summed E-state index contributed by atoms with van der Waals surface area (Å²) in [6.45, 7) is 2.78. The van der Waals surface area contributed by atoms with Gasteiger partial charge in [-0.2, -0.15) is 5.26 Å². The van der Waals surface area contributed by atoms with Crippen molar-refractivity contribution in [1.29, 1.82) is 5.26 Å². The van der Waals surface area contributed by atoms with Gasteiger partial charge in [0.15, 0.2) is 0 Å². The lowest BCUT2D eigenvalue weighted by Crippen LogP contribution is -2.18. The Balaban J connectivity index is 2.72. The first kappa shape index (κ1) is 9.53. The van der Waals surface area contributed by atoms with Gasteiger partial charge in [0.2, 0.25) is 0 Å². The normalized spacial score (nSPS) is 9.31. The quantitative estimate of drug-likeness (QED) is 0.702. The van der Waals surface area contributed by atoms with Gasteiger partial charge in [-0.1, -0.05) is 0 Å². The van der Waals surface area contributed by atoms with Crippen molar-refractivity contribution in [2.45, 2.75) is 13.3 Å². The van der Waals surface area contributed by atoms with Crippen molar-refractivity contribution in [3.8, 4) is 6.07 Å². The van der Waals surface area contributed by atoms with Crippen LogP contribution in [0.3, 0.4) is 0 Å². The molecule has 13 heavy (non-hydrogen) atoms. The minimum Gasteiger partial charge on any atom is -0.373 e. The van der Waals surface area contributed by atoms with Crippen molar-refractivity contribution in [3.05, 3.63) is 24.0 Å². The Bertz CT molecular complexity index is 314. The molecule has 0 aromatic carbocycles. The van der Waals surface area contributed by atoms with Gasteiger partial charge in [-0.3, -0.25) is 4.98 Å². The number of nitrogens with zero attached hydrogens (tertiary/aromatic N) is 3. The van der Waals surface area contributed by atoms with E-state index in [0.717, 1.165) is 17.8 Å². The van der Waals surface area contributed by atoms with E-state index in [9.17, 15) is 0 Å². The monoisotopic (exact) mass is 175 g/mol. The second kappa shape index (κ2) is 4.46. The van der Waals surface area contributed by atoms with Crippen LogP contribution in [-0.4, -0.2) is 18.6 Å². The summed E-state index contributed by atoms with van der Waals surface area (Å²) in [7, 11) is 1.99. The number of pyridine rings is 1. The number of hydrogen-bond donors (Lipinski definition) is 0. The van der Waals surface area contributed by atoms with Crippen molar-refractivity contribution in [1.82, 2.24) is 4.98 Å². The zero-order valence-electron chi connectivity index (χ0n) is 7.99. The van der Waals surface area contributed by atoms with Crippen molar-refractivity contribution in [2.75, 3.05) is 18.5 Å². The second-order valence-corrected chi connectivity index (χ2v) is 2.99. The smallest absolute Gasteiger partial charge is 0.0640 e. The van der Waals surface area contributed by atoms with Crippen LogP contribution in [0.25, 0.3) is 0 Å². The number of aromatic nitrogens is 1. The SMILES string of the molecule is Cc1cnccc1N(C)CCC#N. The van der Waals surface area contributed by atoms with Gasteiger partial charge in [0.25, 0.3) is 0 Å². The molecule has 0 aliphatic rings. The van der Waals surface area contributed by atoms with Crippen LogP contribution >= 0.6 is 0 Å². The Hall–Kier alpha value is -1.56. The van der Waals surface area contributed by atoms with E-state index in [1.807, 2.05) is 26.2 Å². The molecule has 3 heteroatoms. The van der Waals surface area contributed by atoms with Crippen LogP contribution in [0.2, 0.25) is 0 Å². The van der Waals surface area contributed by atoms with Crippen molar-refractivity contribution < 1.29 is 0 Å². The summed E-state index contributed by atoms with van der Waals surface area (Å²) in [5, 5.41) is 8.44. The van der Waals surface area contributed by atoms with E-state index in [1.54, 1.807) is 6.20 Å². The Kier molecular flexibility index (Phi) is 3.27. The molecule has 0 saturated heterocycles. The molecule has 1 aromatic rings. The summed E-state index contributed by atoms with van der Waals surface area (Å²) < 4.78 is 0. The first-order chi connectivity index (χ1) is 6.25. The molecule has 0 N–H and O–H groups in total. The molecular formula is C10H13N3. The Morgan fingerprint density at radius 2 is 2.38 bits per heavy atom. The highest BCUT2D eigenvalue weighted by Crippen LogP contribution is 2.16. The molecule has 1 heterocycles. The maximum Gasteiger partial charge on any atom is 0.0640 e. The molecular weight excluding hydrogens is 162 g/mol. The summed E-state index contributed by atoms with van der Waals surface area (Å²) in [6.07, 6.45) is 4.15. The average Bonchev–Trinajstić information content (AvgIpc) is 2.15. The molecule has 0 atom stereocenters. The molecule has 3 nitrogen and oxygen atoms in total. The van der Waals surface area contributed by atoms with E-state index in [4.69, 9.17) is 5.26 Å². The second-order valence-electron chi connectivity index (χ2n) is 2.99. The van der Waals surface area contributed by atoms with Crippen LogP contribution in [0.5, 0.6) is 0 Å². The van der Waals surface area contributed by atoms with Gasteiger partial charge in [0.05, 0.1) is 12.5 Å². The first-order valence-corrected chi connectivity index (χ1v) is 4.24. The van der Waals surface area contributed by atoms with E-state index in [1.165, 1.54) is 0 Å². The molecule has 0 aliphatic heterocycles. The number of anilines is 1. The molecule has 0 saturated carbocycles. The highest BCUT2D eigenvalue weighted by molar-refractivity contribution is 5.50. The molecule has 0 aliphatic carbocycles. The first-order valence-electron chi connectivity index (χ1n) is 4.24. The number of rotatable bonds is 3. The standard InChI is InChI=1S/C10H13N3/c1-9-8-12-6-4-10(9)13(2)7-3-5-11/h4,6,8H,3,7H2,1-2H3. The fourth-order valence-electron chi connectivity index (χ4n) is 1.23. The van der Waals surface area contributed by atoms with Gasteiger partial charge in [0.1, 0.15) is 0 Å². The van der Waals surface area contributed by atoms with Crippen molar-refractivity contribution >= 4 is 5.69 Å². The van der Waals surface area contributed by atoms with Crippen LogP contribution in [0.15, 0.2) is 18.5 Å². The van der Waals surface area contributed by atoms with Crippen LogP contribution in [0.4, 0.5) is 5.69 Å². The van der Waals surface area contributed by atoms with Crippen LogP contribution < -0.4 is 4.90 Å². The zero-order chi connectivity index (χ0) is 9.68. The van der Waals surface area contributed by atoms with Gasteiger partial charge in [-0.05, 0) is 18.6 Å². The fourth-order valence-corrected chi connectivity index (χ4v) is 1.23. The van der Waals surface area contributed by atoms with E-state index < -0.39 is 0 Å². The summed E-state index contributed by atoms with van der Waals surface area (Å²) in [5.74, 6) is 0. The Labute approximate surface area is 78.6 Å². The van der Waals surface area contributed by atoms with Gasteiger partial charge in [0, 0.05) is 31.7 Å². The molecule has 0 radical (unpaired) electrons. The number of hydrogen-bond acceptors (Lipinski definition) is 3. The van der Waals surface area contributed by atoms with Gasteiger partial charge in [-0.25, -0.2) is 0 Å². The maximum absolute atomic E-state index is 8.44. The largest absolute Gasteiger partial charge is 0.373 e. The predicted molar refractivity (Wildman–Crippen MR) is 52.5 cm³/mol. The van der Waals surface area contributed by atoms with Crippen LogP contribution in [-0.2, 0) is 0 Å². The van der Waals surface area contributed by atoms with E-state index in [2.05, 4.69) is 16.0 Å². The average molecular weight is 175 g/mol. The van der Waals surface area contributed by atoms with Gasteiger partial charge >= 0.3 is 0 Å². The molecule has 0 unspecified atom stereocenters. The lowest BCUT2D eigenvalue weighted by atomic mass is 10.2. The van der Waals surface area contributed by atoms with E-state index in [0.29, 0.717) is 6.42 Å². The lowest BCUT2D eigenvalue weighted by molar-refractivity contribution is 0.898. The van der Waals surface area contributed by atoms with Gasteiger partial charge in [-0.15, -0.1) is 0 Å². The third-order valence-electron chi connectivity index (χ3n) is 1.96. The minimum absolute atomic E-state index is 0.554. The van der Waals surface area contributed by atoms with Crippen LogP contribution in [0, 0.1) is 18.3 Å². The third kappa shape index (κ3) is 2.45. The van der Waals surface area contributed by atoms with Gasteiger partial charge < -0.3 is 4.90 Å². The summed E-state index contributed by atoms with van der Waals surface area (Å²) in [5.41, 5.74) is 2.29. The highest BCUT2D eigenvalue weighted by atomic mass is 15.1. The van der Waals surface area contributed by atoms with Crippen molar-refractivity contribution in [3.63, 3.8) is 0 Å². The van der Waals surface area contributed by atoms with E-state index in [-0.39, 0.29) is 0 Å². The van der Waals surface area contributed by atoms with E-state index >= 15 is 0 Å². The topological polar surface area (TPSA) is 39.9 Å². The number of aryl methyl sites for hydroxylation is 1. The summed E-state index contributed by atoms with van der Waals surface area (Å²) >= 11 is 0. The molecule has 1 aromatic heterocycles. The predicted octanol–water partition coefficient (Wildman–Crippen LogP) is 1.74. The van der Waals surface area contributed by atoms with Crippen molar-refractivity contribution in [2.24, 2.45) is 0 Å². The molecule has 68 valence electrons. The molecule has 0 bridgehead atoms. The minimum atomic E-state index is 0.554. The third-order valence-corrected chi connectivity index (χ3v) is 1.96. The molecule has 0 spiro atoms.